The third-order valence-electron chi connectivity index (χ3n) is 4.81. The van der Waals surface area contributed by atoms with Gasteiger partial charge in [0.05, 0.1) is 11.3 Å². The number of anilines is 1. The molecule has 0 spiro atoms. The van der Waals surface area contributed by atoms with Crippen LogP contribution in [0.3, 0.4) is 0 Å². The predicted octanol–water partition coefficient (Wildman–Crippen LogP) is 5.78. The number of halogens is 1. The highest BCUT2D eigenvalue weighted by Gasteiger charge is 2.32. The van der Waals surface area contributed by atoms with Crippen LogP contribution in [0, 0.1) is 6.92 Å². The van der Waals surface area contributed by atoms with Crippen molar-refractivity contribution >= 4 is 64.5 Å². The Morgan fingerprint density at radius 2 is 2.07 bits per heavy atom. The maximum atomic E-state index is 12.0. The fraction of sp³-hybridized carbons (Fsp3) is 0.450. The molecule has 3 aromatic rings. The molecule has 1 fully saturated rings. The standard InChI is InChI=1S/C20H24IN5O2S2/c1-11-9-23-18(29-11)15-10-22-17-14(5-6-26(17)30-21)16(15)24-12-7-13(8-12)25-19(27)28-20(2,3)4/h5-6,9-10,12-13H,7-8H2,1-4H3,(H,22,24)(H,25,27). The first-order valence-electron chi connectivity index (χ1n) is 9.71. The number of nitrogens with zero attached hydrogens (tertiary/aromatic N) is 3. The lowest BCUT2D eigenvalue weighted by Gasteiger charge is -2.37. The SMILES string of the molecule is Cc1cnc(-c2cnc3c(ccn3SI)c2NC2CC(NC(=O)OC(C)(C)C)C2)s1. The molecule has 3 heterocycles. The Morgan fingerprint density at radius 3 is 2.70 bits per heavy atom. The predicted molar refractivity (Wildman–Crippen MR) is 132 cm³/mol. The number of carbonyl (C=O) groups is 1. The first-order chi connectivity index (χ1) is 14.2. The second kappa shape index (κ2) is 8.54. The van der Waals surface area contributed by atoms with Gasteiger partial charge in [-0.05, 0) is 46.6 Å². The summed E-state index contributed by atoms with van der Waals surface area (Å²) in [5.41, 5.74) is 2.51. The van der Waals surface area contributed by atoms with Crippen molar-refractivity contribution in [2.45, 2.75) is 58.2 Å². The van der Waals surface area contributed by atoms with E-state index in [1.54, 1.807) is 20.5 Å². The highest BCUT2D eigenvalue weighted by molar-refractivity contribution is 14.2. The van der Waals surface area contributed by atoms with Crippen molar-refractivity contribution in [1.82, 2.24) is 19.3 Å². The van der Waals surface area contributed by atoms with E-state index >= 15 is 0 Å². The molecule has 10 heteroatoms. The van der Waals surface area contributed by atoms with E-state index in [0.717, 1.165) is 40.1 Å². The zero-order chi connectivity index (χ0) is 21.5. The van der Waals surface area contributed by atoms with Gasteiger partial charge in [0.25, 0.3) is 0 Å². The molecule has 1 aliphatic carbocycles. The van der Waals surface area contributed by atoms with Gasteiger partial charge in [-0.1, -0.05) is 0 Å². The molecule has 2 N–H and O–H groups in total. The lowest BCUT2D eigenvalue weighted by molar-refractivity contribution is 0.0475. The second-order valence-electron chi connectivity index (χ2n) is 8.43. The Hall–Kier alpha value is -1.53. The van der Waals surface area contributed by atoms with Crippen molar-refractivity contribution in [2.24, 2.45) is 0 Å². The number of alkyl carbamates (subject to hydrolysis) is 1. The van der Waals surface area contributed by atoms with E-state index in [1.807, 2.05) is 43.3 Å². The minimum absolute atomic E-state index is 0.120. The second-order valence-corrected chi connectivity index (χ2v) is 11.4. The molecule has 1 aliphatic rings. The molecule has 160 valence electrons. The summed E-state index contributed by atoms with van der Waals surface area (Å²) >= 11 is 3.92. The Kier molecular flexibility index (Phi) is 6.18. The summed E-state index contributed by atoms with van der Waals surface area (Å²) in [6.07, 6.45) is 7.17. The fourth-order valence-electron chi connectivity index (χ4n) is 3.45. The van der Waals surface area contributed by atoms with Gasteiger partial charge in [-0.2, -0.15) is 0 Å². The largest absolute Gasteiger partial charge is 0.444 e. The van der Waals surface area contributed by atoms with Crippen LogP contribution in [-0.2, 0) is 4.74 Å². The molecule has 0 atom stereocenters. The first kappa shape index (κ1) is 21.7. The number of fused-ring (bicyclic) bond motifs is 1. The molecular weight excluding hydrogens is 533 g/mol. The van der Waals surface area contributed by atoms with Gasteiger partial charge in [0.2, 0.25) is 0 Å². The highest BCUT2D eigenvalue weighted by Crippen LogP contribution is 2.39. The zero-order valence-electron chi connectivity index (χ0n) is 17.2. The van der Waals surface area contributed by atoms with Crippen LogP contribution in [0.2, 0.25) is 0 Å². The summed E-state index contributed by atoms with van der Waals surface area (Å²) < 4.78 is 7.41. The van der Waals surface area contributed by atoms with E-state index in [-0.39, 0.29) is 18.2 Å². The van der Waals surface area contributed by atoms with Crippen LogP contribution in [0.5, 0.6) is 0 Å². The number of hydrogen-bond acceptors (Lipinski definition) is 7. The Bertz CT molecular complexity index is 1070. The minimum Gasteiger partial charge on any atom is -0.444 e. The lowest BCUT2D eigenvalue weighted by atomic mass is 9.86. The van der Waals surface area contributed by atoms with Crippen molar-refractivity contribution < 1.29 is 9.53 Å². The Balaban J connectivity index is 1.52. The van der Waals surface area contributed by atoms with Crippen molar-refractivity contribution in [3.05, 3.63) is 29.5 Å². The monoisotopic (exact) mass is 557 g/mol. The van der Waals surface area contributed by atoms with E-state index < -0.39 is 5.60 Å². The van der Waals surface area contributed by atoms with Crippen LogP contribution in [0.1, 0.15) is 38.5 Å². The van der Waals surface area contributed by atoms with Gasteiger partial charge in [-0.25, -0.2) is 14.8 Å². The van der Waals surface area contributed by atoms with Crippen LogP contribution in [-0.4, -0.2) is 37.7 Å². The van der Waals surface area contributed by atoms with Gasteiger partial charge in [0, 0.05) is 71.3 Å². The summed E-state index contributed by atoms with van der Waals surface area (Å²) in [5, 5.41) is 8.69. The number of ether oxygens (including phenoxy) is 1. The number of nitrogens with one attached hydrogen (secondary N) is 2. The van der Waals surface area contributed by atoms with Crippen molar-refractivity contribution in [3.63, 3.8) is 0 Å². The molecule has 30 heavy (non-hydrogen) atoms. The number of carbonyl (C=O) groups excluding carboxylic acids is 1. The first-order valence-corrected chi connectivity index (χ1v) is 13.8. The molecular formula is C20H24IN5O2S2. The summed E-state index contributed by atoms with van der Waals surface area (Å²) in [6.45, 7) is 7.67. The van der Waals surface area contributed by atoms with E-state index in [0.29, 0.717) is 0 Å². The van der Waals surface area contributed by atoms with Crippen molar-refractivity contribution in [2.75, 3.05) is 5.32 Å². The van der Waals surface area contributed by atoms with Gasteiger partial charge >= 0.3 is 6.09 Å². The van der Waals surface area contributed by atoms with Gasteiger partial charge in [0.15, 0.2) is 5.65 Å². The average molecular weight is 557 g/mol. The fourth-order valence-corrected chi connectivity index (χ4v) is 5.50. The lowest BCUT2D eigenvalue weighted by Crippen LogP contribution is -2.50. The summed E-state index contributed by atoms with van der Waals surface area (Å²) in [5.74, 6) is 0. The van der Waals surface area contributed by atoms with Crippen LogP contribution in [0.25, 0.3) is 21.6 Å². The molecule has 0 aromatic carbocycles. The van der Waals surface area contributed by atoms with Gasteiger partial charge in [0.1, 0.15) is 10.6 Å². The molecule has 7 nitrogen and oxygen atoms in total. The third kappa shape index (κ3) is 4.70. The van der Waals surface area contributed by atoms with Crippen LogP contribution < -0.4 is 10.6 Å². The Morgan fingerprint density at radius 1 is 1.30 bits per heavy atom. The van der Waals surface area contributed by atoms with Crippen molar-refractivity contribution in [1.29, 1.82) is 0 Å². The van der Waals surface area contributed by atoms with E-state index in [2.05, 4.69) is 54.8 Å². The quantitative estimate of drug-likeness (QED) is 0.387. The molecule has 1 amide bonds. The summed E-state index contributed by atoms with van der Waals surface area (Å²) in [4.78, 5) is 22.4. The van der Waals surface area contributed by atoms with Crippen LogP contribution >= 0.6 is 41.7 Å². The van der Waals surface area contributed by atoms with Crippen molar-refractivity contribution in [3.8, 4) is 10.6 Å². The number of aromatic nitrogens is 3. The summed E-state index contributed by atoms with van der Waals surface area (Å²) in [6, 6.07) is 2.48. The smallest absolute Gasteiger partial charge is 0.407 e. The number of hydrogen-bond donors (Lipinski definition) is 2. The molecule has 0 unspecified atom stereocenters. The van der Waals surface area contributed by atoms with E-state index in [4.69, 9.17) is 4.74 Å². The average Bonchev–Trinajstić information content (AvgIpc) is 3.24. The number of aryl methyl sites for hydroxylation is 1. The maximum absolute atomic E-state index is 12.0. The molecule has 0 radical (unpaired) electrons. The number of rotatable bonds is 5. The number of thiazole rings is 1. The summed E-state index contributed by atoms with van der Waals surface area (Å²) in [7, 11) is 1.59. The third-order valence-corrected chi connectivity index (χ3v) is 7.48. The molecule has 0 saturated heterocycles. The topological polar surface area (TPSA) is 81.1 Å². The van der Waals surface area contributed by atoms with Crippen LogP contribution in [0.4, 0.5) is 10.5 Å². The van der Waals surface area contributed by atoms with Gasteiger partial charge in [-0.3, -0.25) is 3.97 Å². The molecule has 4 rings (SSSR count). The van der Waals surface area contributed by atoms with Crippen LogP contribution in [0.15, 0.2) is 24.7 Å². The molecule has 0 aliphatic heterocycles. The zero-order valence-corrected chi connectivity index (χ0v) is 21.0. The number of pyridine rings is 1. The number of amides is 1. The van der Waals surface area contributed by atoms with E-state index in [9.17, 15) is 4.79 Å². The minimum atomic E-state index is -0.487. The maximum Gasteiger partial charge on any atom is 0.407 e. The Labute approximate surface area is 196 Å². The van der Waals surface area contributed by atoms with Gasteiger partial charge in [-0.15, -0.1) is 11.3 Å². The normalized spacial score (nSPS) is 18.8. The molecule has 3 aromatic heterocycles. The van der Waals surface area contributed by atoms with E-state index in [1.165, 1.54) is 4.88 Å². The van der Waals surface area contributed by atoms with Gasteiger partial charge < -0.3 is 15.4 Å². The highest BCUT2D eigenvalue weighted by atomic mass is 127. The molecule has 0 bridgehead atoms. The molecule has 1 saturated carbocycles.